The van der Waals surface area contributed by atoms with Gasteiger partial charge in [-0.3, -0.25) is 14.0 Å². The predicted molar refractivity (Wildman–Crippen MR) is 97.8 cm³/mol. The second-order valence-electron chi connectivity index (χ2n) is 5.96. The normalized spacial score (nSPS) is 11.8. The highest BCUT2D eigenvalue weighted by atomic mass is 16.6. The van der Waals surface area contributed by atoms with E-state index in [4.69, 9.17) is 9.47 Å². The van der Waals surface area contributed by atoms with Gasteiger partial charge in [0.1, 0.15) is 18.0 Å². The third-order valence-electron chi connectivity index (χ3n) is 3.89. The highest BCUT2D eigenvalue weighted by Gasteiger charge is 2.17. The zero-order valence-electron chi connectivity index (χ0n) is 14.9. The maximum Gasteiger partial charge on any atom is 0.347 e. The largest absolute Gasteiger partial charge is 0.479 e. The standard InChI is InChI=1S/C20H18N2O5/c1-13(23)15-6-8-17(9-7-15)27-14(2)20(25)26-12-16-11-19(24)22-10-4-3-5-18(22)21-16/h3-11,14H,12H2,1-2H3/t14-/m1/s1. The average molecular weight is 366 g/mol. The van der Waals surface area contributed by atoms with Crippen molar-refractivity contribution in [1.29, 1.82) is 0 Å². The highest BCUT2D eigenvalue weighted by Crippen LogP contribution is 2.15. The number of ketones is 1. The third kappa shape index (κ3) is 4.38. The molecule has 3 rings (SSSR count). The van der Waals surface area contributed by atoms with Gasteiger partial charge in [-0.25, -0.2) is 9.78 Å². The number of aromatic nitrogens is 2. The summed E-state index contributed by atoms with van der Waals surface area (Å²) < 4.78 is 12.1. The Bertz CT molecular complexity index is 1040. The summed E-state index contributed by atoms with van der Waals surface area (Å²) >= 11 is 0. The molecule has 1 atom stereocenters. The van der Waals surface area contributed by atoms with Gasteiger partial charge >= 0.3 is 5.97 Å². The number of benzene rings is 1. The average Bonchev–Trinajstić information content (AvgIpc) is 2.66. The zero-order chi connectivity index (χ0) is 19.4. The molecular formula is C20H18N2O5. The molecule has 7 nitrogen and oxygen atoms in total. The molecular weight excluding hydrogens is 348 g/mol. The Balaban J connectivity index is 1.61. The van der Waals surface area contributed by atoms with E-state index in [1.807, 2.05) is 0 Å². The quantitative estimate of drug-likeness (QED) is 0.492. The number of hydrogen-bond donors (Lipinski definition) is 0. The number of nitrogens with zero attached hydrogens (tertiary/aromatic N) is 2. The molecule has 0 radical (unpaired) electrons. The van der Waals surface area contributed by atoms with E-state index in [1.54, 1.807) is 55.6 Å². The van der Waals surface area contributed by atoms with Crippen molar-refractivity contribution in [2.24, 2.45) is 0 Å². The van der Waals surface area contributed by atoms with Crippen LogP contribution in [0.5, 0.6) is 5.75 Å². The van der Waals surface area contributed by atoms with Crippen molar-refractivity contribution in [3.05, 3.63) is 76.3 Å². The minimum atomic E-state index is -0.852. The number of Topliss-reactive ketones (excluding diaryl/α,β-unsaturated/α-hetero) is 1. The van der Waals surface area contributed by atoms with Crippen molar-refractivity contribution in [3.8, 4) is 5.75 Å². The van der Waals surface area contributed by atoms with Crippen LogP contribution in [0.1, 0.15) is 29.9 Å². The first-order chi connectivity index (χ1) is 12.9. The van der Waals surface area contributed by atoms with E-state index in [0.717, 1.165) is 0 Å². The van der Waals surface area contributed by atoms with Gasteiger partial charge in [0.15, 0.2) is 11.9 Å². The lowest BCUT2D eigenvalue weighted by atomic mass is 10.1. The number of esters is 1. The van der Waals surface area contributed by atoms with Crippen molar-refractivity contribution in [1.82, 2.24) is 9.38 Å². The van der Waals surface area contributed by atoms with Gasteiger partial charge in [-0.05, 0) is 50.2 Å². The van der Waals surface area contributed by atoms with E-state index in [0.29, 0.717) is 22.7 Å². The van der Waals surface area contributed by atoms with Gasteiger partial charge in [-0.2, -0.15) is 0 Å². The van der Waals surface area contributed by atoms with E-state index in [-0.39, 0.29) is 17.9 Å². The van der Waals surface area contributed by atoms with Crippen molar-refractivity contribution >= 4 is 17.4 Å². The first kappa shape index (κ1) is 18.3. The van der Waals surface area contributed by atoms with Gasteiger partial charge in [-0.1, -0.05) is 6.07 Å². The van der Waals surface area contributed by atoms with Crippen LogP contribution in [-0.2, 0) is 16.1 Å². The van der Waals surface area contributed by atoms with Gasteiger partial charge in [0.2, 0.25) is 0 Å². The minimum Gasteiger partial charge on any atom is -0.479 e. The van der Waals surface area contributed by atoms with Crippen LogP contribution in [0.2, 0.25) is 0 Å². The number of carbonyl (C=O) groups is 2. The maximum atomic E-state index is 12.1. The molecule has 0 bridgehead atoms. The van der Waals surface area contributed by atoms with E-state index < -0.39 is 12.1 Å². The third-order valence-corrected chi connectivity index (χ3v) is 3.89. The molecule has 1 aromatic carbocycles. The lowest BCUT2D eigenvalue weighted by Gasteiger charge is -2.14. The van der Waals surface area contributed by atoms with Crippen molar-refractivity contribution in [2.75, 3.05) is 0 Å². The number of carbonyl (C=O) groups excluding carboxylic acids is 2. The molecule has 0 aliphatic rings. The lowest BCUT2D eigenvalue weighted by Crippen LogP contribution is -2.26. The van der Waals surface area contributed by atoms with Gasteiger partial charge in [0.25, 0.3) is 5.56 Å². The summed E-state index contributed by atoms with van der Waals surface area (Å²) in [4.78, 5) is 39.7. The first-order valence-electron chi connectivity index (χ1n) is 8.35. The van der Waals surface area contributed by atoms with Gasteiger partial charge in [0.05, 0.1) is 5.69 Å². The highest BCUT2D eigenvalue weighted by molar-refractivity contribution is 5.94. The minimum absolute atomic E-state index is 0.0483. The summed E-state index contributed by atoms with van der Waals surface area (Å²) in [6, 6.07) is 13.0. The first-order valence-corrected chi connectivity index (χ1v) is 8.35. The Morgan fingerprint density at radius 1 is 1.15 bits per heavy atom. The van der Waals surface area contributed by atoms with Gasteiger partial charge in [0, 0.05) is 17.8 Å². The summed E-state index contributed by atoms with van der Waals surface area (Å²) in [6.07, 6.45) is 0.767. The zero-order valence-corrected chi connectivity index (χ0v) is 14.9. The molecule has 0 aliphatic heterocycles. The Hall–Kier alpha value is -3.48. The molecule has 0 fully saturated rings. The number of fused-ring (bicyclic) bond motifs is 1. The second-order valence-corrected chi connectivity index (χ2v) is 5.96. The van der Waals surface area contributed by atoms with Crippen LogP contribution in [-0.4, -0.2) is 27.2 Å². The van der Waals surface area contributed by atoms with Gasteiger partial charge < -0.3 is 9.47 Å². The van der Waals surface area contributed by atoms with Crippen LogP contribution in [0.4, 0.5) is 0 Å². The smallest absolute Gasteiger partial charge is 0.347 e. The van der Waals surface area contributed by atoms with Crippen LogP contribution in [0.15, 0.2) is 59.5 Å². The molecule has 0 spiro atoms. The Morgan fingerprint density at radius 3 is 2.59 bits per heavy atom. The number of rotatable bonds is 6. The SMILES string of the molecule is CC(=O)c1ccc(O[C@H](C)C(=O)OCc2cc(=O)n3ccccc3n2)cc1. The molecule has 0 saturated carbocycles. The summed E-state index contributed by atoms with van der Waals surface area (Å²) in [5, 5.41) is 0. The van der Waals surface area contributed by atoms with Crippen molar-refractivity contribution in [3.63, 3.8) is 0 Å². The fourth-order valence-corrected chi connectivity index (χ4v) is 2.46. The van der Waals surface area contributed by atoms with E-state index in [9.17, 15) is 14.4 Å². The maximum absolute atomic E-state index is 12.1. The molecule has 2 heterocycles. The Labute approximate surface area is 155 Å². The molecule has 2 aromatic heterocycles. The van der Waals surface area contributed by atoms with Crippen LogP contribution >= 0.6 is 0 Å². The molecule has 0 aliphatic carbocycles. The topological polar surface area (TPSA) is 87.0 Å². The van der Waals surface area contributed by atoms with Crippen LogP contribution < -0.4 is 10.3 Å². The summed E-state index contributed by atoms with van der Waals surface area (Å²) in [6.45, 7) is 2.91. The molecule has 138 valence electrons. The Kier molecular flexibility index (Phi) is 5.30. The van der Waals surface area contributed by atoms with E-state index in [2.05, 4.69) is 4.98 Å². The molecule has 0 saturated heterocycles. The van der Waals surface area contributed by atoms with Crippen LogP contribution in [0, 0.1) is 0 Å². The molecule has 3 aromatic rings. The number of ether oxygens (including phenoxy) is 2. The number of pyridine rings is 1. The van der Waals surface area contributed by atoms with E-state index >= 15 is 0 Å². The van der Waals surface area contributed by atoms with Gasteiger partial charge in [-0.15, -0.1) is 0 Å². The lowest BCUT2D eigenvalue weighted by molar-refractivity contribution is -0.152. The molecule has 0 amide bonds. The van der Waals surface area contributed by atoms with E-state index in [1.165, 1.54) is 17.4 Å². The van der Waals surface area contributed by atoms with Crippen LogP contribution in [0.3, 0.4) is 0 Å². The summed E-state index contributed by atoms with van der Waals surface area (Å²) in [5.41, 5.74) is 1.15. The van der Waals surface area contributed by atoms with Crippen LogP contribution in [0.25, 0.3) is 5.65 Å². The monoisotopic (exact) mass is 366 g/mol. The second kappa shape index (κ2) is 7.82. The van der Waals surface area contributed by atoms with Crippen molar-refractivity contribution in [2.45, 2.75) is 26.6 Å². The fraction of sp³-hybridized carbons (Fsp3) is 0.200. The fourth-order valence-electron chi connectivity index (χ4n) is 2.46. The van der Waals surface area contributed by atoms with Crippen molar-refractivity contribution < 1.29 is 19.1 Å². The number of hydrogen-bond acceptors (Lipinski definition) is 6. The molecule has 7 heteroatoms. The molecule has 0 N–H and O–H groups in total. The summed E-state index contributed by atoms with van der Waals surface area (Å²) in [7, 11) is 0. The molecule has 0 unspecified atom stereocenters. The predicted octanol–water partition coefficient (Wildman–Crippen LogP) is 2.41. The molecule has 27 heavy (non-hydrogen) atoms. The summed E-state index contributed by atoms with van der Waals surface area (Å²) in [5.74, 6) is -0.181. The Morgan fingerprint density at radius 2 is 1.89 bits per heavy atom.